The van der Waals surface area contributed by atoms with E-state index in [2.05, 4.69) is 5.32 Å². The Morgan fingerprint density at radius 3 is 2.51 bits per heavy atom. The van der Waals surface area contributed by atoms with Gasteiger partial charge in [0.15, 0.2) is 11.3 Å². The van der Waals surface area contributed by atoms with Crippen molar-refractivity contribution in [3.63, 3.8) is 0 Å². The van der Waals surface area contributed by atoms with Crippen LogP contribution in [-0.2, 0) is 30.8 Å². The number of Topliss-reactive ketones (excluding diaryl/α,β-unsaturated/α-hetero) is 1. The van der Waals surface area contributed by atoms with Crippen molar-refractivity contribution in [2.24, 2.45) is 0 Å². The number of hydrogen-bond donors (Lipinski definition) is 1. The summed E-state index contributed by atoms with van der Waals surface area (Å²) in [7, 11) is -2.79. The number of rotatable bonds is 5. The van der Waals surface area contributed by atoms with Crippen molar-refractivity contribution < 1.29 is 27.5 Å². The highest BCUT2D eigenvalue weighted by Gasteiger charge is 2.56. The van der Waals surface area contributed by atoms with Gasteiger partial charge in [0.1, 0.15) is 0 Å². The highest BCUT2D eigenvalue weighted by atomic mass is 32.2. The number of nitrogens with one attached hydrogen (secondary N) is 1. The maximum absolute atomic E-state index is 14.0. The highest BCUT2D eigenvalue weighted by molar-refractivity contribution is 7.90. The first-order valence-electron chi connectivity index (χ1n) is 12.3. The van der Waals surface area contributed by atoms with Crippen LogP contribution in [0.3, 0.4) is 0 Å². The van der Waals surface area contributed by atoms with Gasteiger partial charge < -0.3 is 15.0 Å². The first-order chi connectivity index (χ1) is 17.7. The number of hydrogen-bond acceptors (Lipinski definition) is 6. The lowest BCUT2D eigenvalue weighted by Gasteiger charge is -2.49. The number of aromatic nitrogens is 1. The molecule has 2 amide bonds. The summed E-state index contributed by atoms with van der Waals surface area (Å²) >= 11 is 0. The Balaban J connectivity index is 1.65. The molecule has 37 heavy (non-hydrogen) atoms. The van der Waals surface area contributed by atoms with E-state index in [1.165, 1.54) is 29.4 Å². The van der Waals surface area contributed by atoms with E-state index in [1.807, 2.05) is 6.92 Å². The molecule has 3 aromatic rings. The molecule has 194 valence electrons. The molecule has 0 aliphatic carbocycles. The van der Waals surface area contributed by atoms with E-state index >= 15 is 0 Å². The minimum absolute atomic E-state index is 0.0852. The lowest BCUT2D eigenvalue weighted by molar-refractivity contribution is -0.157. The number of ketones is 1. The minimum atomic E-state index is -3.96. The molecule has 0 spiro atoms. The summed E-state index contributed by atoms with van der Waals surface area (Å²) in [5, 5.41) is 3.14. The number of ether oxygens (including phenoxy) is 1. The molecule has 5 rings (SSSR count). The predicted molar refractivity (Wildman–Crippen MR) is 137 cm³/mol. The van der Waals surface area contributed by atoms with E-state index in [0.717, 1.165) is 19.3 Å². The summed E-state index contributed by atoms with van der Waals surface area (Å²) in [6.45, 7) is 1.95. The van der Waals surface area contributed by atoms with Crippen molar-refractivity contribution in [1.29, 1.82) is 0 Å². The van der Waals surface area contributed by atoms with E-state index < -0.39 is 33.3 Å². The van der Waals surface area contributed by atoms with Gasteiger partial charge in [0.25, 0.3) is 15.9 Å². The molecule has 0 bridgehead atoms. The smallest absolute Gasteiger partial charge is 0.408 e. The fourth-order valence-electron chi connectivity index (χ4n) is 5.70. The van der Waals surface area contributed by atoms with E-state index in [1.54, 1.807) is 47.4 Å². The summed E-state index contributed by atoms with van der Waals surface area (Å²) in [6.07, 6.45) is 2.91. The third-order valence-corrected chi connectivity index (χ3v) is 9.23. The van der Waals surface area contributed by atoms with Crippen LogP contribution in [-0.4, -0.2) is 59.8 Å². The number of alkyl carbamates (subject to hydrolysis) is 1. The Bertz CT molecular complexity index is 1480. The number of piperidine rings is 2. The van der Waals surface area contributed by atoms with E-state index in [0.29, 0.717) is 16.5 Å². The molecule has 2 fully saturated rings. The lowest BCUT2D eigenvalue weighted by Crippen LogP contribution is -2.72. The van der Waals surface area contributed by atoms with Crippen LogP contribution in [0.5, 0.6) is 0 Å². The zero-order valence-electron chi connectivity index (χ0n) is 20.7. The Morgan fingerprint density at radius 2 is 1.78 bits per heavy atom. The van der Waals surface area contributed by atoms with Gasteiger partial charge in [-0.1, -0.05) is 36.4 Å². The minimum Gasteiger partial charge on any atom is -0.453 e. The fourth-order valence-corrected chi connectivity index (χ4v) is 7.11. The number of para-hydroxylation sites is 1. The average Bonchev–Trinajstić information content (AvgIpc) is 3.26. The van der Waals surface area contributed by atoms with Gasteiger partial charge in [-0.3, -0.25) is 9.59 Å². The lowest BCUT2D eigenvalue weighted by atomic mass is 9.75. The maximum Gasteiger partial charge on any atom is 0.408 e. The molecular formula is C27H29N3O6S. The summed E-state index contributed by atoms with van der Waals surface area (Å²) in [5.74, 6) is -0.880. The topological polar surface area (TPSA) is 115 Å². The second-order valence-electron chi connectivity index (χ2n) is 9.76. The molecular weight excluding hydrogens is 494 g/mol. The number of amides is 2. The molecule has 2 aliphatic rings. The molecule has 10 heteroatoms. The molecule has 1 aromatic heterocycles. The Labute approximate surface area is 215 Å². The van der Waals surface area contributed by atoms with Gasteiger partial charge in [-0.25, -0.2) is 17.2 Å². The zero-order valence-corrected chi connectivity index (χ0v) is 21.5. The van der Waals surface area contributed by atoms with Crippen LogP contribution in [0, 0.1) is 0 Å². The van der Waals surface area contributed by atoms with Crippen LogP contribution >= 0.6 is 0 Å². The average molecular weight is 524 g/mol. The Morgan fingerprint density at radius 1 is 1.08 bits per heavy atom. The van der Waals surface area contributed by atoms with Gasteiger partial charge in [0.2, 0.25) is 0 Å². The van der Waals surface area contributed by atoms with Gasteiger partial charge in [-0.05, 0) is 49.9 Å². The summed E-state index contributed by atoms with van der Waals surface area (Å²) in [5.41, 5.74) is -1.04. The van der Waals surface area contributed by atoms with Crippen LogP contribution in [0.1, 0.15) is 38.2 Å². The van der Waals surface area contributed by atoms with Crippen molar-refractivity contribution in [1.82, 2.24) is 14.2 Å². The van der Waals surface area contributed by atoms with Crippen molar-refractivity contribution in [3.05, 3.63) is 66.4 Å². The quantitative estimate of drug-likeness (QED) is 0.514. The van der Waals surface area contributed by atoms with E-state index in [-0.39, 0.29) is 29.8 Å². The van der Waals surface area contributed by atoms with Crippen molar-refractivity contribution >= 4 is 38.7 Å². The Hall–Kier alpha value is -3.66. The van der Waals surface area contributed by atoms with Gasteiger partial charge in [-0.15, -0.1) is 0 Å². The van der Waals surface area contributed by atoms with Crippen LogP contribution < -0.4 is 5.32 Å². The molecule has 1 N–H and O–H groups in total. The van der Waals surface area contributed by atoms with Crippen LogP contribution in [0.15, 0.2) is 65.7 Å². The second kappa shape index (κ2) is 9.33. The third-order valence-electron chi connectivity index (χ3n) is 7.54. The summed E-state index contributed by atoms with van der Waals surface area (Å²) < 4.78 is 33.1. The number of benzene rings is 2. The van der Waals surface area contributed by atoms with Crippen molar-refractivity contribution in [2.75, 3.05) is 7.11 Å². The van der Waals surface area contributed by atoms with Crippen LogP contribution in [0.25, 0.3) is 10.9 Å². The molecule has 0 saturated carbocycles. The second-order valence-corrected chi connectivity index (χ2v) is 11.6. The van der Waals surface area contributed by atoms with E-state index in [4.69, 9.17) is 4.74 Å². The van der Waals surface area contributed by atoms with E-state index in [9.17, 15) is 22.8 Å². The largest absolute Gasteiger partial charge is 0.453 e. The van der Waals surface area contributed by atoms with Gasteiger partial charge in [-0.2, -0.15) is 0 Å². The van der Waals surface area contributed by atoms with Gasteiger partial charge in [0.05, 0.1) is 17.5 Å². The normalized spacial score (nSPS) is 24.1. The monoisotopic (exact) mass is 523 g/mol. The summed E-state index contributed by atoms with van der Waals surface area (Å²) in [6, 6.07) is 14.6. The van der Waals surface area contributed by atoms with Gasteiger partial charge in [0, 0.05) is 36.5 Å². The molecule has 0 radical (unpaired) electrons. The first kappa shape index (κ1) is 25.0. The predicted octanol–water partition coefficient (Wildman–Crippen LogP) is 3.26. The number of nitrogens with zero attached hydrogens (tertiary/aromatic N) is 2. The van der Waals surface area contributed by atoms with Gasteiger partial charge >= 0.3 is 6.09 Å². The van der Waals surface area contributed by atoms with Crippen molar-refractivity contribution in [2.45, 2.75) is 61.5 Å². The number of carbonyl (C=O) groups is 3. The highest BCUT2D eigenvalue weighted by Crippen LogP contribution is 2.37. The Kier molecular flexibility index (Phi) is 6.31. The fraction of sp³-hybridized carbons (Fsp3) is 0.370. The third kappa shape index (κ3) is 4.09. The number of carbonyl (C=O) groups excluding carboxylic acids is 3. The number of fused-ring (bicyclic) bond motifs is 2. The molecule has 2 aliphatic heterocycles. The standard InChI is InChI=1S/C27H29N3O6S/c1-18-9-8-10-20-15-24(31)27(25(32)30(18)20,28-26(33)36-2)16-19-17-29(23-14-7-6-13-22(19)23)37(34,35)21-11-4-3-5-12-21/h3-7,11-14,17-18,20H,8-10,15-16H2,1-2H3,(H,28,33)/t18-,20+,27-/m1/s1. The first-order valence-corrected chi connectivity index (χ1v) is 13.7. The molecule has 3 atom stereocenters. The number of methoxy groups -OCH3 is 1. The summed E-state index contributed by atoms with van der Waals surface area (Å²) in [4.78, 5) is 42.0. The van der Waals surface area contributed by atoms with Crippen molar-refractivity contribution in [3.8, 4) is 0 Å². The molecule has 2 saturated heterocycles. The SMILES string of the molecule is COC(=O)N[C@]1(Cc2cn(S(=O)(=O)c3ccccc3)c3ccccc23)C(=O)C[C@@H]2CCC[C@@H](C)N2C1=O. The molecule has 9 nitrogen and oxygen atoms in total. The molecule has 3 heterocycles. The van der Waals surface area contributed by atoms with Crippen LogP contribution in [0.2, 0.25) is 0 Å². The zero-order chi connectivity index (χ0) is 26.4. The molecule has 0 unspecified atom stereocenters. The van der Waals surface area contributed by atoms with Crippen LogP contribution in [0.4, 0.5) is 4.79 Å². The molecule has 2 aromatic carbocycles. The maximum atomic E-state index is 14.0.